The molecule has 0 radical (unpaired) electrons. The lowest BCUT2D eigenvalue weighted by molar-refractivity contribution is 0.0520. The van der Waals surface area contributed by atoms with Gasteiger partial charge in [-0.25, -0.2) is 4.79 Å². The molecule has 32 heavy (non-hydrogen) atoms. The van der Waals surface area contributed by atoms with Crippen molar-refractivity contribution >= 4 is 22.5 Å². The summed E-state index contributed by atoms with van der Waals surface area (Å²) < 4.78 is 17.6. The number of fused-ring (bicyclic) bond motifs is 1. The van der Waals surface area contributed by atoms with E-state index in [1.165, 1.54) is 0 Å². The molecule has 0 amide bonds. The predicted molar refractivity (Wildman–Crippen MR) is 130 cm³/mol. The van der Waals surface area contributed by atoms with Crippen LogP contribution < -0.4 is 4.74 Å². The highest BCUT2D eigenvalue weighted by Crippen LogP contribution is 2.41. The van der Waals surface area contributed by atoms with Crippen LogP contribution in [-0.4, -0.2) is 19.2 Å². The largest absolute Gasteiger partial charge is 0.494 e. The van der Waals surface area contributed by atoms with Gasteiger partial charge in [0.15, 0.2) is 0 Å². The van der Waals surface area contributed by atoms with Gasteiger partial charge in [-0.05, 0) is 43.2 Å². The average Bonchev–Trinajstić information content (AvgIpc) is 2.81. The highest BCUT2D eigenvalue weighted by Gasteiger charge is 2.28. The van der Waals surface area contributed by atoms with Gasteiger partial charge in [0.1, 0.15) is 23.7 Å². The Morgan fingerprint density at radius 1 is 0.844 bits per heavy atom. The Hall–Kier alpha value is -3.27. The molecule has 0 saturated carbocycles. The molecule has 4 nitrogen and oxygen atoms in total. The molecule has 0 fully saturated rings. The van der Waals surface area contributed by atoms with E-state index in [0.29, 0.717) is 35.8 Å². The van der Waals surface area contributed by atoms with Crippen molar-refractivity contribution in [3.63, 3.8) is 0 Å². The van der Waals surface area contributed by atoms with Gasteiger partial charge in [0.25, 0.3) is 0 Å². The Morgan fingerprint density at radius 2 is 1.50 bits per heavy atom. The molecule has 4 heteroatoms. The Labute approximate surface area is 190 Å². The van der Waals surface area contributed by atoms with Gasteiger partial charge >= 0.3 is 5.97 Å². The smallest absolute Gasteiger partial charge is 0.342 e. The summed E-state index contributed by atoms with van der Waals surface area (Å²) in [5.41, 5.74) is 3.16. The lowest BCUT2D eigenvalue weighted by atomic mass is 9.89. The summed E-state index contributed by atoms with van der Waals surface area (Å²) in [6, 6.07) is 18.0. The van der Waals surface area contributed by atoms with Crippen molar-refractivity contribution in [2.75, 3.05) is 13.2 Å². The topological polar surface area (TPSA) is 44.8 Å². The molecule has 3 aromatic rings. The molecule has 0 heterocycles. The number of carbonyl (C=O) groups is 1. The van der Waals surface area contributed by atoms with E-state index in [0.717, 1.165) is 41.2 Å². The van der Waals surface area contributed by atoms with Gasteiger partial charge in [0.2, 0.25) is 0 Å². The molecule has 0 aliphatic heterocycles. The molecule has 0 bridgehead atoms. The third kappa shape index (κ3) is 5.13. The first-order valence-electron chi connectivity index (χ1n) is 11.4. The van der Waals surface area contributed by atoms with Crippen molar-refractivity contribution in [2.45, 2.75) is 46.6 Å². The summed E-state index contributed by atoms with van der Waals surface area (Å²) in [4.78, 5) is 13.3. The average molecular weight is 433 g/mol. The van der Waals surface area contributed by atoms with Crippen molar-refractivity contribution < 1.29 is 19.0 Å². The number of ether oxygens (including phenoxy) is 3. The fraction of sp³-hybridized carbons (Fsp3) is 0.321. The molecular formula is C28H32O4. The van der Waals surface area contributed by atoms with E-state index in [9.17, 15) is 4.79 Å². The number of hydrogen-bond acceptors (Lipinski definition) is 4. The lowest BCUT2D eigenvalue weighted by Gasteiger charge is -2.23. The van der Waals surface area contributed by atoms with Crippen LogP contribution in [0.25, 0.3) is 16.5 Å². The summed E-state index contributed by atoms with van der Waals surface area (Å²) in [5, 5.41) is 1.94. The molecule has 0 saturated heterocycles. The van der Waals surface area contributed by atoms with E-state index in [1.54, 1.807) is 6.92 Å². The van der Waals surface area contributed by atoms with Crippen LogP contribution in [0.1, 0.15) is 60.7 Å². The molecule has 0 aliphatic carbocycles. The Kier molecular flexibility index (Phi) is 8.32. The maximum atomic E-state index is 13.3. The summed E-state index contributed by atoms with van der Waals surface area (Å²) in [5.74, 6) is 0.561. The van der Waals surface area contributed by atoms with Gasteiger partial charge in [-0.15, -0.1) is 0 Å². The van der Waals surface area contributed by atoms with Crippen LogP contribution in [0.5, 0.6) is 5.75 Å². The van der Waals surface area contributed by atoms with Crippen LogP contribution >= 0.6 is 0 Å². The number of esters is 1. The van der Waals surface area contributed by atoms with Crippen molar-refractivity contribution in [1.29, 1.82) is 0 Å². The standard InChI is InChI=1S/C28H32O4/c1-5-8-16-23-22-17-12-13-18-24(22)27(32-19-21-14-10-9-11-15-21)26(28(29)31-7-3)25(23)20(4)30-6-2/h9-15,17-18H,4-8,16,19H2,1-3H3. The van der Waals surface area contributed by atoms with E-state index in [4.69, 9.17) is 14.2 Å². The first-order chi connectivity index (χ1) is 15.6. The van der Waals surface area contributed by atoms with Crippen molar-refractivity contribution in [1.82, 2.24) is 0 Å². The minimum atomic E-state index is -0.421. The van der Waals surface area contributed by atoms with Crippen molar-refractivity contribution in [2.24, 2.45) is 0 Å². The molecule has 3 aromatic carbocycles. The van der Waals surface area contributed by atoms with E-state index >= 15 is 0 Å². The first kappa shape index (κ1) is 23.4. The first-order valence-corrected chi connectivity index (χ1v) is 11.4. The van der Waals surface area contributed by atoms with Crippen molar-refractivity contribution in [3.05, 3.63) is 83.4 Å². The maximum Gasteiger partial charge on any atom is 0.342 e. The van der Waals surface area contributed by atoms with Gasteiger partial charge < -0.3 is 14.2 Å². The third-order valence-electron chi connectivity index (χ3n) is 5.36. The van der Waals surface area contributed by atoms with Crippen LogP contribution in [0, 0.1) is 0 Å². The fourth-order valence-electron chi connectivity index (χ4n) is 3.92. The zero-order valence-corrected chi connectivity index (χ0v) is 19.3. The van der Waals surface area contributed by atoms with E-state index in [2.05, 4.69) is 19.6 Å². The highest BCUT2D eigenvalue weighted by atomic mass is 16.5. The SMILES string of the molecule is C=C(OCC)c1c(C(=O)OCC)c(OCc2ccccc2)c2ccccc2c1CCCC. The minimum Gasteiger partial charge on any atom is -0.494 e. The summed E-state index contributed by atoms with van der Waals surface area (Å²) in [6.45, 7) is 11.1. The van der Waals surface area contributed by atoms with Crippen molar-refractivity contribution in [3.8, 4) is 5.75 Å². The van der Waals surface area contributed by atoms with Gasteiger partial charge in [-0.1, -0.05) is 74.5 Å². The maximum absolute atomic E-state index is 13.3. The second kappa shape index (κ2) is 11.4. The monoisotopic (exact) mass is 432 g/mol. The molecular weight excluding hydrogens is 400 g/mol. The zero-order valence-electron chi connectivity index (χ0n) is 19.3. The quantitative estimate of drug-likeness (QED) is 0.243. The molecule has 0 unspecified atom stereocenters. The number of hydrogen-bond donors (Lipinski definition) is 0. The van der Waals surface area contributed by atoms with Gasteiger partial charge in [0.05, 0.1) is 13.2 Å². The Bertz CT molecular complexity index is 1070. The molecule has 0 spiro atoms. The second-order valence-electron chi connectivity index (χ2n) is 7.56. The van der Waals surface area contributed by atoms with Gasteiger partial charge in [-0.2, -0.15) is 0 Å². The van der Waals surface area contributed by atoms with Crippen LogP contribution in [0.15, 0.2) is 61.2 Å². The number of unbranched alkanes of at least 4 members (excludes halogenated alkanes) is 1. The molecule has 0 aliphatic rings. The third-order valence-corrected chi connectivity index (χ3v) is 5.36. The minimum absolute atomic E-state index is 0.272. The normalized spacial score (nSPS) is 10.7. The number of rotatable bonds is 11. The number of benzene rings is 3. The summed E-state index contributed by atoms with van der Waals surface area (Å²) in [6.07, 6.45) is 2.84. The molecule has 0 N–H and O–H groups in total. The van der Waals surface area contributed by atoms with E-state index in [1.807, 2.05) is 55.5 Å². The van der Waals surface area contributed by atoms with Crippen LogP contribution in [0.3, 0.4) is 0 Å². The van der Waals surface area contributed by atoms with E-state index in [-0.39, 0.29) is 6.61 Å². The molecule has 0 atom stereocenters. The van der Waals surface area contributed by atoms with Gasteiger partial charge in [-0.3, -0.25) is 0 Å². The Morgan fingerprint density at radius 3 is 2.16 bits per heavy atom. The predicted octanol–water partition coefficient (Wildman–Crippen LogP) is 6.95. The number of aryl methyl sites for hydroxylation is 1. The molecule has 0 aromatic heterocycles. The molecule has 168 valence electrons. The number of carbonyl (C=O) groups excluding carboxylic acids is 1. The van der Waals surface area contributed by atoms with Gasteiger partial charge in [0, 0.05) is 10.9 Å². The second-order valence-corrected chi connectivity index (χ2v) is 7.56. The molecule has 3 rings (SSSR count). The van der Waals surface area contributed by atoms with Crippen LogP contribution in [-0.2, 0) is 22.5 Å². The highest BCUT2D eigenvalue weighted by molar-refractivity contribution is 6.07. The van der Waals surface area contributed by atoms with Crippen LogP contribution in [0.4, 0.5) is 0 Å². The summed E-state index contributed by atoms with van der Waals surface area (Å²) >= 11 is 0. The fourth-order valence-corrected chi connectivity index (χ4v) is 3.92. The lowest BCUT2D eigenvalue weighted by Crippen LogP contribution is -2.14. The van der Waals surface area contributed by atoms with E-state index < -0.39 is 5.97 Å². The Balaban J connectivity index is 2.29. The zero-order chi connectivity index (χ0) is 22.9. The van der Waals surface area contributed by atoms with Crippen LogP contribution in [0.2, 0.25) is 0 Å². The summed E-state index contributed by atoms with van der Waals surface area (Å²) in [7, 11) is 0.